The number of aromatic carboxylic acids is 1. The molecule has 0 aliphatic heterocycles. The molecular formula is C17H9BrCl2F4O2. The number of carbonyl (C=O) groups is 1. The van der Waals surface area contributed by atoms with Gasteiger partial charge in [0.1, 0.15) is 0 Å². The average molecular weight is 472 g/mol. The van der Waals surface area contributed by atoms with Gasteiger partial charge in [-0.1, -0.05) is 35.3 Å². The van der Waals surface area contributed by atoms with Gasteiger partial charge >= 0.3 is 12.1 Å². The van der Waals surface area contributed by atoms with E-state index in [1.54, 1.807) is 0 Å². The van der Waals surface area contributed by atoms with Crippen LogP contribution in [-0.2, 0) is 6.42 Å². The number of carboxylic acid groups (broad SMARTS) is 1. The summed E-state index contributed by atoms with van der Waals surface area (Å²) in [6.07, 6.45) is -3.95. The Hall–Kier alpha value is -1.57. The monoisotopic (exact) mass is 470 g/mol. The van der Waals surface area contributed by atoms with Gasteiger partial charge in [-0.3, -0.25) is 0 Å². The SMILES string of the molecule is O=C(O)c1ccc(CC=C(c2cc(Cl)c(F)c(Cl)c2)C(F)(F)F)cc1Br. The number of carboxylic acids is 1. The van der Waals surface area contributed by atoms with Gasteiger partial charge in [0.2, 0.25) is 0 Å². The average Bonchev–Trinajstić information content (AvgIpc) is 2.51. The quantitative estimate of drug-likeness (QED) is 0.394. The van der Waals surface area contributed by atoms with Crippen molar-refractivity contribution >= 4 is 50.7 Å². The summed E-state index contributed by atoms with van der Waals surface area (Å²) in [5.41, 5.74) is -0.955. The molecule has 138 valence electrons. The molecule has 0 saturated carbocycles. The molecule has 0 aromatic heterocycles. The third-order valence-corrected chi connectivity index (χ3v) is 4.61. The standard InChI is InChI=1S/C17H9BrCl2F4O2/c18-12-5-8(1-3-10(12)16(25)26)2-4-11(17(22,23)24)9-6-13(19)15(21)14(20)7-9/h1,3-7H,2H2,(H,25,26). The van der Waals surface area contributed by atoms with Crippen molar-refractivity contribution in [1.29, 1.82) is 0 Å². The highest BCUT2D eigenvalue weighted by Crippen LogP contribution is 2.37. The first-order valence-corrected chi connectivity index (χ1v) is 8.49. The second-order valence-electron chi connectivity index (χ2n) is 5.19. The van der Waals surface area contributed by atoms with Crippen LogP contribution in [0.15, 0.2) is 40.9 Å². The van der Waals surface area contributed by atoms with E-state index in [4.69, 9.17) is 28.3 Å². The molecule has 0 spiro atoms. The zero-order valence-electron chi connectivity index (χ0n) is 12.7. The number of alkyl halides is 3. The summed E-state index contributed by atoms with van der Waals surface area (Å²) in [6.45, 7) is 0. The molecule has 0 amide bonds. The largest absolute Gasteiger partial charge is 0.478 e. The minimum absolute atomic E-state index is 0.00845. The van der Waals surface area contributed by atoms with Crippen LogP contribution in [0.1, 0.15) is 21.5 Å². The predicted octanol–water partition coefficient (Wildman–Crippen LogP) is 6.78. The molecule has 0 bridgehead atoms. The molecule has 26 heavy (non-hydrogen) atoms. The molecule has 0 atom stereocenters. The second-order valence-corrected chi connectivity index (χ2v) is 6.86. The molecule has 2 nitrogen and oxygen atoms in total. The third-order valence-electron chi connectivity index (χ3n) is 3.41. The van der Waals surface area contributed by atoms with Crippen LogP contribution < -0.4 is 0 Å². The lowest BCUT2D eigenvalue weighted by atomic mass is 10.0. The topological polar surface area (TPSA) is 37.3 Å². The van der Waals surface area contributed by atoms with Crippen LogP contribution in [0.3, 0.4) is 0 Å². The Kier molecular flexibility index (Phi) is 6.37. The molecule has 9 heteroatoms. The highest BCUT2D eigenvalue weighted by molar-refractivity contribution is 9.10. The Morgan fingerprint density at radius 2 is 1.73 bits per heavy atom. The van der Waals surface area contributed by atoms with Crippen LogP contribution in [0.2, 0.25) is 10.0 Å². The van der Waals surface area contributed by atoms with Gasteiger partial charge in [0.25, 0.3) is 0 Å². The van der Waals surface area contributed by atoms with Crippen LogP contribution >= 0.6 is 39.1 Å². The first-order chi connectivity index (χ1) is 12.0. The Morgan fingerprint density at radius 3 is 2.19 bits per heavy atom. The second kappa shape index (κ2) is 7.98. The van der Waals surface area contributed by atoms with E-state index in [1.807, 2.05) is 0 Å². The molecular weight excluding hydrogens is 463 g/mol. The highest BCUT2D eigenvalue weighted by Gasteiger charge is 2.35. The maximum absolute atomic E-state index is 13.5. The van der Waals surface area contributed by atoms with Crippen molar-refractivity contribution < 1.29 is 27.5 Å². The summed E-state index contributed by atoms with van der Waals surface area (Å²) in [4.78, 5) is 11.0. The summed E-state index contributed by atoms with van der Waals surface area (Å²) >= 11 is 14.2. The normalized spacial score (nSPS) is 12.3. The van der Waals surface area contributed by atoms with Crippen LogP contribution in [0.5, 0.6) is 0 Å². The van der Waals surface area contributed by atoms with Crippen molar-refractivity contribution in [3.8, 4) is 0 Å². The van der Waals surface area contributed by atoms with Gasteiger partial charge in [0.15, 0.2) is 5.82 Å². The van der Waals surface area contributed by atoms with Crippen molar-refractivity contribution in [1.82, 2.24) is 0 Å². The molecule has 0 heterocycles. The number of allylic oxidation sites excluding steroid dienone is 2. The van der Waals surface area contributed by atoms with Crippen LogP contribution in [0, 0.1) is 5.82 Å². The maximum atomic E-state index is 13.5. The summed E-state index contributed by atoms with van der Waals surface area (Å²) in [7, 11) is 0. The fraction of sp³-hybridized carbons (Fsp3) is 0.118. The van der Waals surface area contributed by atoms with Crippen molar-refractivity contribution in [3.63, 3.8) is 0 Å². The van der Waals surface area contributed by atoms with Gasteiger partial charge in [0.05, 0.1) is 21.2 Å². The lowest BCUT2D eigenvalue weighted by Gasteiger charge is -2.14. The molecule has 2 aromatic rings. The Labute approximate surface area is 164 Å². The van der Waals surface area contributed by atoms with Crippen LogP contribution in [0.4, 0.5) is 17.6 Å². The van der Waals surface area contributed by atoms with Crippen molar-refractivity contribution in [2.75, 3.05) is 0 Å². The zero-order chi connectivity index (χ0) is 19.6. The van der Waals surface area contributed by atoms with E-state index in [-0.39, 0.29) is 22.0 Å². The molecule has 2 aromatic carbocycles. The van der Waals surface area contributed by atoms with Gasteiger partial charge in [-0.2, -0.15) is 13.2 Å². The summed E-state index contributed by atoms with van der Waals surface area (Å²) in [5, 5.41) is 7.92. The first-order valence-electron chi connectivity index (χ1n) is 6.94. The van der Waals surface area contributed by atoms with Crippen molar-refractivity contribution in [2.24, 2.45) is 0 Å². The van der Waals surface area contributed by atoms with Gasteiger partial charge in [-0.05, 0) is 57.7 Å². The van der Waals surface area contributed by atoms with E-state index >= 15 is 0 Å². The van der Waals surface area contributed by atoms with E-state index < -0.39 is 33.6 Å². The van der Waals surface area contributed by atoms with Gasteiger partial charge in [0, 0.05) is 4.47 Å². The number of rotatable bonds is 4. The molecule has 0 unspecified atom stereocenters. The molecule has 0 aliphatic rings. The molecule has 0 aliphatic carbocycles. The van der Waals surface area contributed by atoms with E-state index in [0.29, 0.717) is 5.56 Å². The molecule has 0 fully saturated rings. The zero-order valence-corrected chi connectivity index (χ0v) is 15.8. The lowest BCUT2D eigenvalue weighted by molar-refractivity contribution is -0.0690. The minimum atomic E-state index is -4.72. The third kappa shape index (κ3) is 4.78. The number of halogens is 7. The highest BCUT2D eigenvalue weighted by atomic mass is 79.9. The number of hydrogen-bond acceptors (Lipinski definition) is 1. The summed E-state index contributed by atoms with van der Waals surface area (Å²) in [5.74, 6) is -2.16. The molecule has 0 radical (unpaired) electrons. The van der Waals surface area contributed by atoms with E-state index in [1.165, 1.54) is 18.2 Å². The van der Waals surface area contributed by atoms with Crippen LogP contribution in [0.25, 0.3) is 5.57 Å². The number of benzene rings is 2. The van der Waals surface area contributed by atoms with Crippen LogP contribution in [-0.4, -0.2) is 17.3 Å². The van der Waals surface area contributed by atoms with Crippen molar-refractivity contribution in [2.45, 2.75) is 12.6 Å². The smallest absolute Gasteiger partial charge is 0.416 e. The number of hydrogen-bond donors (Lipinski definition) is 1. The van der Waals surface area contributed by atoms with Gasteiger partial charge < -0.3 is 5.11 Å². The summed E-state index contributed by atoms with van der Waals surface area (Å²) < 4.78 is 53.9. The van der Waals surface area contributed by atoms with Crippen molar-refractivity contribution in [3.05, 3.63) is 73.4 Å². The summed E-state index contributed by atoms with van der Waals surface area (Å²) in [6, 6.07) is 5.81. The van der Waals surface area contributed by atoms with Gasteiger partial charge in [-0.15, -0.1) is 0 Å². The molecule has 1 N–H and O–H groups in total. The Bertz CT molecular complexity index is 872. The van der Waals surface area contributed by atoms with E-state index in [0.717, 1.165) is 18.2 Å². The maximum Gasteiger partial charge on any atom is 0.416 e. The fourth-order valence-corrected chi connectivity index (χ4v) is 3.27. The van der Waals surface area contributed by atoms with E-state index in [9.17, 15) is 22.4 Å². The predicted molar refractivity (Wildman–Crippen MR) is 95.3 cm³/mol. The Morgan fingerprint density at radius 1 is 1.15 bits per heavy atom. The minimum Gasteiger partial charge on any atom is -0.478 e. The van der Waals surface area contributed by atoms with Gasteiger partial charge in [-0.25, -0.2) is 9.18 Å². The Balaban J connectivity index is 2.43. The molecule has 2 rings (SSSR count). The fourth-order valence-electron chi connectivity index (χ4n) is 2.19. The first kappa shape index (κ1) is 20.7. The molecule has 0 saturated heterocycles. The van der Waals surface area contributed by atoms with E-state index in [2.05, 4.69) is 15.9 Å². The lowest BCUT2D eigenvalue weighted by Crippen LogP contribution is -2.11.